The predicted octanol–water partition coefficient (Wildman–Crippen LogP) is 1.02. The monoisotopic (exact) mass is 334 g/mol. The summed E-state index contributed by atoms with van der Waals surface area (Å²) in [7, 11) is -2.00. The number of ether oxygens (including phenoxy) is 2. The lowest BCUT2D eigenvalue weighted by molar-refractivity contribution is -0.292. The maximum Gasteiger partial charge on any atom is 0.192 e. The molecule has 5 atom stereocenters. The first-order chi connectivity index (χ1) is 10.0. The SMILES string of the molecule is C=CCO[C@@H]1[C@@H](O)[C@H](O)O[C@H](CO[Si](C)(C)C(C)(C)C)[C@@H]1O. The summed E-state index contributed by atoms with van der Waals surface area (Å²) in [5, 5.41) is 30.0. The van der Waals surface area contributed by atoms with Gasteiger partial charge in [-0.1, -0.05) is 26.8 Å². The third-order valence-corrected chi connectivity index (χ3v) is 8.98. The molecule has 0 aliphatic carbocycles. The minimum Gasteiger partial charge on any atom is -0.414 e. The quantitative estimate of drug-likeness (QED) is 0.496. The maximum absolute atomic E-state index is 10.3. The van der Waals surface area contributed by atoms with Gasteiger partial charge in [-0.2, -0.15) is 0 Å². The van der Waals surface area contributed by atoms with Gasteiger partial charge in [0.05, 0.1) is 13.2 Å². The molecule has 0 spiro atoms. The Morgan fingerprint density at radius 1 is 1.18 bits per heavy atom. The molecule has 7 heteroatoms. The van der Waals surface area contributed by atoms with Crippen LogP contribution in [0.1, 0.15) is 20.8 Å². The second-order valence-electron chi connectivity index (χ2n) is 7.20. The van der Waals surface area contributed by atoms with Crippen molar-refractivity contribution in [2.45, 2.75) is 69.6 Å². The third kappa shape index (κ3) is 4.61. The first-order valence-corrected chi connectivity index (χ1v) is 10.5. The lowest BCUT2D eigenvalue weighted by atomic mass is 9.99. The molecule has 0 bridgehead atoms. The van der Waals surface area contributed by atoms with Crippen LogP contribution in [-0.2, 0) is 13.9 Å². The number of aliphatic hydroxyl groups excluding tert-OH is 3. The van der Waals surface area contributed by atoms with Crippen LogP contribution < -0.4 is 0 Å². The Hall–Kier alpha value is -0.283. The molecule has 0 aromatic rings. The van der Waals surface area contributed by atoms with Gasteiger partial charge < -0.3 is 29.2 Å². The van der Waals surface area contributed by atoms with Gasteiger partial charge in [0.25, 0.3) is 0 Å². The van der Waals surface area contributed by atoms with Crippen molar-refractivity contribution in [2.75, 3.05) is 13.2 Å². The van der Waals surface area contributed by atoms with Gasteiger partial charge in [0.1, 0.15) is 24.4 Å². The summed E-state index contributed by atoms with van der Waals surface area (Å²) < 4.78 is 16.7. The van der Waals surface area contributed by atoms with Crippen LogP contribution in [-0.4, -0.2) is 67.6 Å². The Morgan fingerprint density at radius 2 is 1.77 bits per heavy atom. The highest BCUT2D eigenvalue weighted by atomic mass is 28.4. The van der Waals surface area contributed by atoms with Crippen molar-refractivity contribution in [1.29, 1.82) is 0 Å². The van der Waals surface area contributed by atoms with Crippen molar-refractivity contribution in [2.24, 2.45) is 0 Å². The zero-order chi connectivity index (χ0) is 17.1. The van der Waals surface area contributed by atoms with E-state index in [2.05, 4.69) is 40.4 Å². The molecule has 22 heavy (non-hydrogen) atoms. The van der Waals surface area contributed by atoms with Gasteiger partial charge in [-0.3, -0.25) is 0 Å². The molecule has 3 N–H and O–H groups in total. The van der Waals surface area contributed by atoms with Crippen molar-refractivity contribution in [3.63, 3.8) is 0 Å². The zero-order valence-electron chi connectivity index (χ0n) is 14.2. The second-order valence-corrected chi connectivity index (χ2v) is 12.0. The summed E-state index contributed by atoms with van der Waals surface area (Å²) in [6.45, 7) is 14.4. The normalized spacial score (nSPS) is 33.7. The highest BCUT2D eigenvalue weighted by Crippen LogP contribution is 2.37. The van der Waals surface area contributed by atoms with Gasteiger partial charge in [0.2, 0.25) is 0 Å². The highest BCUT2D eigenvalue weighted by molar-refractivity contribution is 6.74. The average molecular weight is 334 g/mol. The second kappa shape index (κ2) is 7.52. The molecule has 1 aliphatic heterocycles. The molecule has 1 rings (SSSR count). The molecular weight excluding hydrogens is 304 g/mol. The van der Waals surface area contributed by atoms with E-state index in [1.165, 1.54) is 6.08 Å². The molecule has 0 radical (unpaired) electrons. The summed E-state index contributed by atoms with van der Waals surface area (Å²) in [6.07, 6.45) is -3.96. The van der Waals surface area contributed by atoms with Crippen molar-refractivity contribution in [1.82, 2.24) is 0 Å². The largest absolute Gasteiger partial charge is 0.414 e. The lowest BCUT2D eigenvalue weighted by Gasteiger charge is -2.42. The Balaban J connectivity index is 2.72. The molecule has 1 saturated heterocycles. The van der Waals surface area contributed by atoms with Crippen LogP contribution in [0.15, 0.2) is 12.7 Å². The van der Waals surface area contributed by atoms with E-state index in [0.717, 1.165) is 0 Å². The van der Waals surface area contributed by atoms with E-state index in [-0.39, 0.29) is 18.3 Å². The van der Waals surface area contributed by atoms with Crippen LogP contribution in [0.2, 0.25) is 18.1 Å². The van der Waals surface area contributed by atoms with E-state index in [4.69, 9.17) is 13.9 Å². The summed E-state index contributed by atoms with van der Waals surface area (Å²) in [5.74, 6) is 0. The fourth-order valence-electron chi connectivity index (χ4n) is 1.94. The standard InChI is InChI=1S/C15H30O6Si/c1-7-8-19-13-11(16)10(21-14(18)12(13)17)9-20-22(5,6)15(2,3)4/h7,10-14,16-18H,1,8-9H2,2-6H3/t10-,11+,12-,13+,14-/m1/s1. The minimum absolute atomic E-state index is 0.0312. The van der Waals surface area contributed by atoms with Crippen LogP contribution in [0.5, 0.6) is 0 Å². The van der Waals surface area contributed by atoms with E-state index < -0.39 is 39.0 Å². The van der Waals surface area contributed by atoms with Gasteiger partial charge in [0, 0.05) is 0 Å². The first-order valence-electron chi connectivity index (χ1n) is 7.57. The van der Waals surface area contributed by atoms with Crippen molar-refractivity contribution in [3.05, 3.63) is 12.7 Å². The summed E-state index contributed by atoms with van der Waals surface area (Å²) >= 11 is 0. The van der Waals surface area contributed by atoms with E-state index in [0.29, 0.717) is 0 Å². The van der Waals surface area contributed by atoms with Gasteiger partial charge in [-0.05, 0) is 18.1 Å². The molecule has 6 nitrogen and oxygen atoms in total. The number of hydrogen-bond acceptors (Lipinski definition) is 6. The van der Waals surface area contributed by atoms with E-state index in [1.807, 2.05) is 0 Å². The summed E-state index contributed by atoms with van der Waals surface area (Å²) in [5.41, 5.74) is 0. The number of rotatable bonds is 6. The summed E-state index contributed by atoms with van der Waals surface area (Å²) in [4.78, 5) is 0. The molecule has 1 aliphatic rings. The highest BCUT2D eigenvalue weighted by Gasteiger charge is 2.46. The molecule has 0 aromatic carbocycles. The van der Waals surface area contributed by atoms with Gasteiger partial charge in [0.15, 0.2) is 14.6 Å². The Labute approximate surface area is 133 Å². The molecule has 0 unspecified atom stereocenters. The first kappa shape index (κ1) is 19.8. The fourth-order valence-corrected chi connectivity index (χ4v) is 2.95. The lowest BCUT2D eigenvalue weighted by Crippen LogP contribution is -2.60. The van der Waals surface area contributed by atoms with E-state index in [1.54, 1.807) is 0 Å². The van der Waals surface area contributed by atoms with Crippen molar-refractivity contribution >= 4 is 8.32 Å². The van der Waals surface area contributed by atoms with Crippen LogP contribution in [0, 0.1) is 0 Å². The van der Waals surface area contributed by atoms with Crippen LogP contribution in [0.4, 0.5) is 0 Å². The minimum atomic E-state index is -2.00. The van der Waals surface area contributed by atoms with Crippen LogP contribution in [0.25, 0.3) is 0 Å². The van der Waals surface area contributed by atoms with E-state index >= 15 is 0 Å². The number of aliphatic hydroxyl groups is 3. The summed E-state index contributed by atoms with van der Waals surface area (Å²) in [6, 6.07) is 0. The topological polar surface area (TPSA) is 88.4 Å². The van der Waals surface area contributed by atoms with Gasteiger partial charge >= 0.3 is 0 Å². The molecule has 1 heterocycles. The Bertz CT molecular complexity index is 368. The van der Waals surface area contributed by atoms with E-state index in [9.17, 15) is 15.3 Å². The number of hydrogen-bond donors (Lipinski definition) is 3. The van der Waals surface area contributed by atoms with Crippen LogP contribution in [0.3, 0.4) is 0 Å². The predicted molar refractivity (Wildman–Crippen MR) is 86.0 cm³/mol. The molecular formula is C15H30O6Si. The van der Waals surface area contributed by atoms with Gasteiger partial charge in [-0.15, -0.1) is 6.58 Å². The zero-order valence-corrected chi connectivity index (χ0v) is 15.2. The molecule has 0 saturated carbocycles. The maximum atomic E-state index is 10.3. The Morgan fingerprint density at radius 3 is 2.27 bits per heavy atom. The van der Waals surface area contributed by atoms with Crippen molar-refractivity contribution in [3.8, 4) is 0 Å². The molecule has 1 fully saturated rings. The smallest absolute Gasteiger partial charge is 0.192 e. The fraction of sp³-hybridized carbons (Fsp3) is 0.867. The molecule has 0 aromatic heterocycles. The van der Waals surface area contributed by atoms with Crippen LogP contribution >= 0.6 is 0 Å². The Kier molecular flexibility index (Phi) is 6.76. The third-order valence-electron chi connectivity index (χ3n) is 4.48. The molecule has 130 valence electrons. The van der Waals surface area contributed by atoms with Gasteiger partial charge in [-0.25, -0.2) is 0 Å². The van der Waals surface area contributed by atoms with Crippen molar-refractivity contribution < 1.29 is 29.2 Å². The average Bonchev–Trinajstić information content (AvgIpc) is 2.40. The molecule has 0 amide bonds.